The highest BCUT2D eigenvalue weighted by Crippen LogP contribution is 2.18. The van der Waals surface area contributed by atoms with Gasteiger partial charge in [-0.15, -0.1) is 0 Å². The Bertz CT molecular complexity index is 238. The highest BCUT2D eigenvalue weighted by Gasteiger charge is 2.27. The van der Waals surface area contributed by atoms with E-state index in [1.165, 1.54) is 0 Å². The third kappa shape index (κ3) is 3.78. The van der Waals surface area contributed by atoms with Gasteiger partial charge in [0.15, 0.2) is 0 Å². The first kappa shape index (κ1) is 13.5. The second kappa shape index (κ2) is 5.67. The molecule has 0 aromatic carbocycles. The average molecular weight is 226 g/mol. The smallest absolute Gasteiger partial charge is 0.222 e. The number of likely N-dealkylation sites (tertiary alicyclic amines) is 1. The molecular formula is C13H26N2O. The van der Waals surface area contributed by atoms with Crippen molar-refractivity contribution in [3.8, 4) is 0 Å². The summed E-state index contributed by atoms with van der Waals surface area (Å²) in [6, 6.07) is 0.905. The third-order valence-electron chi connectivity index (χ3n) is 3.29. The van der Waals surface area contributed by atoms with Gasteiger partial charge in [0.05, 0.1) is 0 Å². The first-order valence-electron chi connectivity index (χ1n) is 6.44. The maximum atomic E-state index is 11.7. The van der Waals surface area contributed by atoms with Crippen molar-refractivity contribution in [1.29, 1.82) is 0 Å². The molecule has 1 aliphatic rings. The summed E-state index contributed by atoms with van der Waals surface area (Å²) in [7, 11) is 0. The van der Waals surface area contributed by atoms with Crippen molar-refractivity contribution >= 4 is 5.91 Å². The molecule has 0 spiro atoms. The molecule has 0 aliphatic carbocycles. The predicted molar refractivity (Wildman–Crippen MR) is 67.3 cm³/mol. The standard InChI is InChI=1S/C13H26N2O/c1-9(2)13(16)14-12-6-11(5)7-15(8-12)10(3)4/h9-12H,6-8H2,1-5H3,(H,14,16). The zero-order valence-corrected chi connectivity index (χ0v) is 11.3. The van der Waals surface area contributed by atoms with Crippen LogP contribution >= 0.6 is 0 Å². The van der Waals surface area contributed by atoms with Gasteiger partial charge in [0.1, 0.15) is 0 Å². The lowest BCUT2D eigenvalue weighted by Gasteiger charge is -2.39. The van der Waals surface area contributed by atoms with E-state index in [2.05, 4.69) is 31.0 Å². The summed E-state index contributed by atoms with van der Waals surface area (Å²) in [5, 5.41) is 3.15. The number of amides is 1. The Morgan fingerprint density at radius 2 is 1.88 bits per heavy atom. The second-order valence-electron chi connectivity index (χ2n) is 5.75. The highest BCUT2D eigenvalue weighted by atomic mass is 16.1. The number of piperidine rings is 1. The van der Waals surface area contributed by atoms with E-state index in [0.29, 0.717) is 18.0 Å². The largest absolute Gasteiger partial charge is 0.352 e. The molecule has 1 rings (SSSR count). The summed E-state index contributed by atoms with van der Waals surface area (Å²) in [6.45, 7) is 12.8. The molecule has 3 heteroatoms. The maximum absolute atomic E-state index is 11.7. The minimum atomic E-state index is 0.0877. The summed E-state index contributed by atoms with van der Waals surface area (Å²) in [4.78, 5) is 14.1. The SMILES string of the molecule is CC1CC(NC(=O)C(C)C)CN(C(C)C)C1. The minimum Gasteiger partial charge on any atom is -0.352 e. The van der Waals surface area contributed by atoms with E-state index in [-0.39, 0.29) is 11.8 Å². The van der Waals surface area contributed by atoms with E-state index in [1.807, 2.05) is 13.8 Å². The molecule has 1 amide bonds. The van der Waals surface area contributed by atoms with Gasteiger partial charge in [-0.25, -0.2) is 0 Å². The third-order valence-corrected chi connectivity index (χ3v) is 3.29. The molecule has 94 valence electrons. The Morgan fingerprint density at radius 1 is 1.25 bits per heavy atom. The molecule has 2 unspecified atom stereocenters. The van der Waals surface area contributed by atoms with Crippen LogP contribution in [0.4, 0.5) is 0 Å². The van der Waals surface area contributed by atoms with Gasteiger partial charge >= 0.3 is 0 Å². The molecule has 0 saturated carbocycles. The Kier molecular flexibility index (Phi) is 4.78. The van der Waals surface area contributed by atoms with Gasteiger partial charge in [-0.2, -0.15) is 0 Å². The lowest BCUT2D eigenvalue weighted by Crippen LogP contribution is -2.52. The Balaban J connectivity index is 2.51. The molecule has 1 saturated heterocycles. The lowest BCUT2D eigenvalue weighted by molar-refractivity contribution is -0.125. The van der Waals surface area contributed by atoms with Crippen molar-refractivity contribution in [2.75, 3.05) is 13.1 Å². The van der Waals surface area contributed by atoms with Gasteiger partial charge < -0.3 is 5.32 Å². The minimum absolute atomic E-state index is 0.0877. The number of carbonyl (C=O) groups excluding carboxylic acids is 1. The van der Waals surface area contributed by atoms with Gasteiger partial charge in [0.2, 0.25) is 5.91 Å². The van der Waals surface area contributed by atoms with Crippen molar-refractivity contribution in [3.05, 3.63) is 0 Å². The molecule has 1 aliphatic heterocycles. The number of nitrogens with one attached hydrogen (secondary N) is 1. The topological polar surface area (TPSA) is 32.3 Å². The van der Waals surface area contributed by atoms with Crippen LogP contribution in [0.2, 0.25) is 0 Å². The second-order valence-corrected chi connectivity index (χ2v) is 5.75. The van der Waals surface area contributed by atoms with E-state index in [1.54, 1.807) is 0 Å². The predicted octanol–water partition coefficient (Wildman–Crippen LogP) is 1.88. The molecule has 3 nitrogen and oxygen atoms in total. The summed E-state index contributed by atoms with van der Waals surface area (Å²) in [6.07, 6.45) is 1.11. The number of hydrogen-bond acceptors (Lipinski definition) is 2. The molecule has 0 radical (unpaired) electrons. The van der Waals surface area contributed by atoms with Crippen molar-refractivity contribution in [1.82, 2.24) is 10.2 Å². The van der Waals surface area contributed by atoms with Gasteiger partial charge in [-0.05, 0) is 26.2 Å². The quantitative estimate of drug-likeness (QED) is 0.797. The fraction of sp³-hybridized carbons (Fsp3) is 0.923. The number of nitrogens with zero attached hydrogens (tertiary/aromatic N) is 1. The Hall–Kier alpha value is -0.570. The van der Waals surface area contributed by atoms with Gasteiger partial charge in [-0.1, -0.05) is 20.8 Å². The van der Waals surface area contributed by atoms with Gasteiger partial charge in [0, 0.05) is 31.1 Å². The zero-order valence-electron chi connectivity index (χ0n) is 11.3. The van der Waals surface area contributed by atoms with Crippen LogP contribution in [-0.4, -0.2) is 36.0 Å². The van der Waals surface area contributed by atoms with Gasteiger partial charge in [0.25, 0.3) is 0 Å². The molecular weight excluding hydrogens is 200 g/mol. The van der Waals surface area contributed by atoms with E-state index in [9.17, 15) is 4.79 Å². The van der Waals surface area contributed by atoms with Crippen LogP contribution in [0, 0.1) is 11.8 Å². The number of hydrogen-bond donors (Lipinski definition) is 1. The van der Waals surface area contributed by atoms with E-state index in [0.717, 1.165) is 19.5 Å². The Morgan fingerprint density at radius 3 is 2.38 bits per heavy atom. The van der Waals surface area contributed by atoms with Crippen LogP contribution < -0.4 is 5.32 Å². The molecule has 2 atom stereocenters. The summed E-state index contributed by atoms with van der Waals surface area (Å²) < 4.78 is 0. The molecule has 16 heavy (non-hydrogen) atoms. The van der Waals surface area contributed by atoms with E-state index >= 15 is 0 Å². The van der Waals surface area contributed by atoms with Crippen LogP contribution in [0.3, 0.4) is 0 Å². The van der Waals surface area contributed by atoms with E-state index < -0.39 is 0 Å². The van der Waals surface area contributed by atoms with Crippen LogP contribution in [0.25, 0.3) is 0 Å². The molecule has 0 aromatic heterocycles. The number of carbonyl (C=O) groups is 1. The Labute approximate surface area is 99.6 Å². The lowest BCUT2D eigenvalue weighted by atomic mass is 9.94. The molecule has 0 aromatic rings. The van der Waals surface area contributed by atoms with Gasteiger partial charge in [-0.3, -0.25) is 9.69 Å². The molecule has 0 bridgehead atoms. The zero-order chi connectivity index (χ0) is 12.3. The monoisotopic (exact) mass is 226 g/mol. The molecule has 1 N–H and O–H groups in total. The summed E-state index contributed by atoms with van der Waals surface area (Å²) in [5.74, 6) is 0.946. The summed E-state index contributed by atoms with van der Waals surface area (Å²) >= 11 is 0. The van der Waals surface area contributed by atoms with Crippen molar-refractivity contribution in [2.24, 2.45) is 11.8 Å². The maximum Gasteiger partial charge on any atom is 0.222 e. The highest BCUT2D eigenvalue weighted by molar-refractivity contribution is 5.78. The van der Waals surface area contributed by atoms with Crippen LogP contribution in [0.5, 0.6) is 0 Å². The average Bonchev–Trinajstić information content (AvgIpc) is 2.16. The van der Waals surface area contributed by atoms with Crippen molar-refractivity contribution < 1.29 is 4.79 Å². The van der Waals surface area contributed by atoms with Crippen LogP contribution in [0.15, 0.2) is 0 Å². The van der Waals surface area contributed by atoms with Crippen LogP contribution in [0.1, 0.15) is 41.0 Å². The van der Waals surface area contributed by atoms with Crippen molar-refractivity contribution in [3.63, 3.8) is 0 Å². The normalized spacial score (nSPS) is 27.4. The first-order chi connectivity index (χ1) is 7.40. The molecule has 1 fully saturated rings. The summed E-state index contributed by atoms with van der Waals surface area (Å²) in [5.41, 5.74) is 0. The molecule has 1 heterocycles. The fourth-order valence-electron chi connectivity index (χ4n) is 2.29. The first-order valence-corrected chi connectivity index (χ1v) is 6.44. The number of rotatable bonds is 3. The fourth-order valence-corrected chi connectivity index (χ4v) is 2.29. The van der Waals surface area contributed by atoms with Crippen molar-refractivity contribution in [2.45, 2.75) is 53.1 Å². The van der Waals surface area contributed by atoms with Crippen LogP contribution in [-0.2, 0) is 4.79 Å². The van der Waals surface area contributed by atoms with E-state index in [4.69, 9.17) is 0 Å².